The summed E-state index contributed by atoms with van der Waals surface area (Å²) in [5.74, 6) is -1.93. The number of hydrogen-bond acceptors (Lipinski definition) is 6. The molecule has 3 aromatic rings. The van der Waals surface area contributed by atoms with Crippen molar-refractivity contribution in [1.29, 1.82) is 0 Å². The maximum Gasteiger partial charge on any atom is 0.338 e. The Hall–Kier alpha value is -4.10. The number of Topliss-reactive ketones (excluding diaryl/α,β-unsaturated/α-hetero) is 1. The summed E-state index contributed by atoms with van der Waals surface area (Å²) in [5.41, 5.74) is 1.39. The highest BCUT2D eigenvalue weighted by Gasteiger charge is 2.47. The number of benzene rings is 3. The molecule has 1 N–H and O–H groups in total. The molecule has 0 radical (unpaired) electrons. The van der Waals surface area contributed by atoms with E-state index < -0.39 is 23.7 Å². The molecule has 3 aromatic carbocycles. The van der Waals surface area contributed by atoms with Crippen LogP contribution in [-0.4, -0.2) is 36.5 Å². The lowest BCUT2D eigenvalue weighted by atomic mass is 9.95. The smallest absolute Gasteiger partial charge is 0.338 e. The van der Waals surface area contributed by atoms with Crippen molar-refractivity contribution in [1.82, 2.24) is 0 Å². The molecule has 1 amide bonds. The maximum absolute atomic E-state index is 13.2. The number of esters is 1. The number of hydrogen-bond donors (Lipinski definition) is 1. The minimum atomic E-state index is -0.987. The van der Waals surface area contributed by atoms with Crippen molar-refractivity contribution in [3.8, 4) is 5.75 Å². The molecule has 0 spiro atoms. The first-order valence-electron chi connectivity index (χ1n) is 10.8. The third kappa shape index (κ3) is 4.50. The van der Waals surface area contributed by atoms with Crippen molar-refractivity contribution >= 4 is 40.7 Å². The summed E-state index contributed by atoms with van der Waals surface area (Å²) in [4.78, 5) is 39.8. The zero-order valence-electron chi connectivity index (χ0n) is 19.0. The lowest BCUT2D eigenvalue weighted by Gasteiger charge is -2.26. The molecule has 1 fully saturated rings. The van der Waals surface area contributed by atoms with Gasteiger partial charge in [0.15, 0.2) is 0 Å². The maximum atomic E-state index is 13.2. The molecule has 8 heteroatoms. The molecule has 0 aliphatic carbocycles. The molecule has 0 bridgehead atoms. The van der Waals surface area contributed by atoms with E-state index in [4.69, 9.17) is 21.1 Å². The molecule has 7 nitrogen and oxygen atoms in total. The number of aliphatic hydroxyl groups is 1. The summed E-state index contributed by atoms with van der Waals surface area (Å²) >= 11 is 6.48. The van der Waals surface area contributed by atoms with Crippen LogP contribution in [0.3, 0.4) is 0 Å². The summed E-state index contributed by atoms with van der Waals surface area (Å²) in [6.07, 6.45) is 0. The van der Waals surface area contributed by atoms with Crippen LogP contribution >= 0.6 is 11.6 Å². The Morgan fingerprint density at radius 3 is 2.20 bits per heavy atom. The average Bonchev–Trinajstić information content (AvgIpc) is 3.14. The average molecular weight is 492 g/mol. The number of amides is 1. The van der Waals surface area contributed by atoms with Gasteiger partial charge in [0.1, 0.15) is 11.5 Å². The number of nitrogens with zero attached hydrogens (tertiary/aromatic N) is 1. The van der Waals surface area contributed by atoms with Crippen LogP contribution in [0.15, 0.2) is 78.4 Å². The number of ether oxygens (including phenoxy) is 2. The molecular weight excluding hydrogens is 470 g/mol. The van der Waals surface area contributed by atoms with Gasteiger partial charge < -0.3 is 14.6 Å². The summed E-state index contributed by atoms with van der Waals surface area (Å²) < 4.78 is 10.2. The second kappa shape index (κ2) is 10.0. The van der Waals surface area contributed by atoms with Crippen LogP contribution in [0.5, 0.6) is 5.75 Å². The molecule has 0 aromatic heterocycles. The first kappa shape index (κ1) is 24.0. The third-order valence-electron chi connectivity index (χ3n) is 5.66. The van der Waals surface area contributed by atoms with E-state index in [0.717, 1.165) is 0 Å². The first-order chi connectivity index (χ1) is 16.9. The van der Waals surface area contributed by atoms with Gasteiger partial charge in [0.25, 0.3) is 11.7 Å². The van der Waals surface area contributed by atoms with E-state index in [-0.39, 0.29) is 17.9 Å². The number of aliphatic hydroxyl groups excluding tert-OH is 1. The molecule has 35 heavy (non-hydrogen) atoms. The zero-order chi connectivity index (χ0) is 25.1. The lowest BCUT2D eigenvalue weighted by Crippen LogP contribution is -2.29. The molecule has 4 rings (SSSR count). The number of methoxy groups -OCH3 is 1. The number of carbonyl (C=O) groups excluding carboxylic acids is 3. The Balaban J connectivity index is 1.86. The van der Waals surface area contributed by atoms with Crippen LogP contribution in [0.1, 0.15) is 34.5 Å². The molecule has 178 valence electrons. The quantitative estimate of drug-likeness (QED) is 0.222. The fraction of sp³-hybridized carbons (Fsp3) is 0.148. The van der Waals surface area contributed by atoms with Crippen molar-refractivity contribution in [3.63, 3.8) is 0 Å². The van der Waals surface area contributed by atoms with Crippen LogP contribution in [0.25, 0.3) is 5.76 Å². The highest BCUT2D eigenvalue weighted by atomic mass is 35.5. The number of halogens is 1. The van der Waals surface area contributed by atoms with Gasteiger partial charge >= 0.3 is 5.97 Å². The lowest BCUT2D eigenvalue weighted by molar-refractivity contribution is -0.132. The number of rotatable bonds is 6. The zero-order valence-corrected chi connectivity index (χ0v) is 19.8. The molecule has 0 saturated carbocycles. The highest BCUT2D eigenvalue weighted by molar-refractivity contribution is 6.52. The number of ketones is 1. The SMILES string of the molecule is CCOC(=O)c1ccc(N2C(=O)C(=O)C(=C(O)c3ccc(OC)cc3)[C@@H]2c2ccccc2Cl)cc1. The van der Waals surface area contributed by atoms with Crippen molar-refractivity contribution < 1.29 is 29.0 Å². The van der Waals surface area contributed by atoms with E-state index >= 15 is 0 Å². The van der Waals surface area contributed by atoms with Crippen LogP contribution in [0, 0.1) is 0 Å². The first-order valence-corrected chi connectivity index (χ1v) is 11.2. The Morgan fingerprint density at radius 2 is 1.60 bits per heavy atom. The molecule has 1 atom stereocenters. The topological polar surface area (TPSA) is 93.1 Å². The van der Waals surface area contributed by atoms with Gasteiger partial charge in [-0.1, -0.05) is 29.8 Å². The van der Waals surface area contributed by atoms with E-state index in [1.807, 2.05) is 0 Å². The van der Waals surface area contributed by atoms with Crippen LogP contribution in [0.2, 0.25) is 5.02 Å². The molecule has 1 aliphatic rings. The van der Waals surface area contributed by atoms with Gasteiger partial charge in [0.2, 0.25) is 0 Å². The van der Waals surface area contributed by atoms with Crippen LogP contribution in [0.4, 0.5) is 5.69 Å². The van der Waals surface area contributed by atoms with Crippen molar-refractivity contribution in [3.05, 3.63) is 100 Å². The normalized spacial score (nSPS) is 16.9. The predicted octanol–water partition coefficient (Wildman–Crippen LogP) is 5.15. The molecule has 1 saturated heterocycles. The Morgan fingerprint density at radius 1 is 0.971 bits per heavy atom. The summed E-state index contributed by atoms with van der Waals surface area (Å²) in [5, 5.41) is 11.5. The van der Waals surface area contributed by atoms with E-state index in [1.54, 1.807) is 67.6 Å². The van der Waals surface area contributed by atoms with E-state index in [1.165, 1.54) is 24.1 Å². The Bertz CT molecular complexity index is 1310. The second-order valence-electron chi connectivity index (χ2n) is 7.69. The van der Waals surface area contributed by atoms with Crippen molar-refractivity contribution in [2.45, 2.75) is 13.0 Å². The minimum Gasteiger partial charge on any atom is -0.507 e. The van der Waals surface area contributed by atoms with Gasteiger partial charge in [0, 0.05) is 16.3 Å². The standard InChI is InChI=1S/C27H22ClNO6/c1-3-35-27(33)17-8-12-18(13-9-17)29-23(20-6-4-5-7-21(20)28)22(25(31)26(29)32)24(30)16-10-14-19(34-2)15-11-16/h4-15,23,30H,3H2,1-2H3/t23-/m0/s1. The summed E-state index contributed by atoms with van der Waals surface area (Å²) in [6.45, 7) is 1.94. The predicted molar refractivity (Wildman–Crippen MR) is 132 cm³/mol. The van der Waals surface area contributed by atoms with E-state index in [9.17, 15) is 19.5 Å². The minimum absolute atomic E-state index is 0.0947. The van der Waals surface area contributed by atoms with Gasteiger partial charge in [-0.25, -0.2) is 4.79 Å². The summed E-state index contributed by atoms with van der Waals surface area (Å²) in [6, 6.07) is 18.4. The highest BCUT2D eigenvalue weighted by Crippen LogP contribution is 2.44. The Labute approximate surface area is 207 Å². The van der Waals surface area contributed by atoms with Crippen LogP contribution < -0.4 is 9.64 Å². The second-order valence-corrected chi connectivity index (χ2v) is 8.09. The summed E-state index contributed by atoms with van der Waals surface area (Å²) in [7, 11) is 1.52. The van der Waals surface area contributed by atoms with Crippen molar-refractivity contribution in [2.24, 2.45) is 0 Å². The van der Waals surface area contributed by atoms with E-state index in [0.29, 0.717) is 33.1 Å². The van der Waals surface area contributed by atoms with Gasteiger partial charge in [-0.15, -0.1) is 0 Å². The van der Waals surface area contributed by atoms with Gasteiger partial charge in [0.05, 0.1) is 30.9 Å². The Kier molecular flexibility index (Phi) is 6.89. The molecular formula is C27H22ClNO6. The fourth-order valence-corrected chi connectivity index (χ4v) is 4.21. The van der Waals surface area contributed by atoms with Crippen LogP contribution in [-0.2, 0) is 14.3 Å². The monoisotopic (exact) mass is 491 g/mol. The third-order valence-corrected chi connectivity index (χ3v) is 6.01. The van der Waals surface area contributed by atoms with Crippen molar-refractivity contribution in [2.75, 3.05) is 18.6 Å². The largest absolute Gasteiger partial charge is 0.507 e. The van der Waals surface area contributed by atoms with E-state index in [2.05, 4.69) is 0 Å². The molecule has 1 heterocycles. The number of carbonyl (C=O) groups is 3. The fourth-order valence-electron chi connectivity index (χ4n) is 3.97. The van der Waals surface area contributed by atoms with Gasteiger partial charge in [-0.3, -0.25) is 14.5 Å². The van der Waals surface area contributed by atoms with Gasteiger partial charge in [-0.05, 0) is 67.1 Å². The molecule has 0 unspecified atom stereocenters. The molecule has 1 aliphatic heterocycles. The van der Waals surface area contributed by atoms with Gasteiger partial charge in [-0.2, -0.15) is 0 Å². The number of anilines is 1.